The van der Waals surface area contributed by atoms with Crippen LogP contribution in [0.15, 0.2) is 66.4 Å². The highest BCUT2D eigenvalue weighted by molar-refractivity contribution is 7.09. The zero-order chi connectivity index (χ0) is 16.6. The number of carbonyl (C=O) groups is 1. The van der Waals surface area contributed by atoms with Crippen LogP contribution in [0.25, 0.3) is 0 Å². The molecule has 5 heteroatoms. The van der Waals surface area contributed by atoms with Gasteiger partial charge in [0.2, 0.25) is 0 Å². The van der Waals surface area contributed by atoms with Crippen LogP contribution in [0.2, 0.25) is 0 Å². The first-order valence-electron chi connectivity index (χ1n) is 7.94. The van der Waals surface area contributed by atoms with Gasteiger partial charge in [-0.3, -0.25) is 9.78 Å². The first-order chi connectivity index (χ1) is 11.8. The van der Waals surface area contributed by atoms with Crippen molar-refractivity contribution in [3.63, 3.8) is 0 Å². The summed E-state index contributed by atoms with van der Waals surface area (Å²) >= 11 is 1.58. The molecule has 2 aromatic heterocycles. The molecular formula is C19H19N3OS. The Morgan fingerprint density at radius 2 is 1.83 bits per heavy atom. The fourth-order valence-corrected chi connectivity index (χ4v) is 3.17. The Bertz CT molecular complexity index is 745. The van der Waals surface area contributed by atoms with E-state index in [2.05, 4.69) is 22.1 Å². The van der Waals surface area contributed by atoms with Gasteiger partial charge in [-0.2, -0.15) is 0 Å². The van der Waals surface area contributed by atoms with Crippen molar-refractivity contribution in [2.45, 2.75) is 19.4 Å². The third-order valence-electron chi connectivity index (χ3n) is 3.76. The van der Waals surface area contributed by atoms with Crippen molar-refractivity contribution in [2.75, 3.05) is 6.54 Å². The Morgan fingerprint density at radius 3 is 2.54 bits per heavy atom. The van der Waals surface area contributed by atoms with E-state index >= 15 is 0 Å². The van der Waals surface area contributed by atoms with E-state index in [1.807, 2.05) is 28.5 Å². The standard InChI is InChI=1S/C19H19N3OS/c23-19(17-8-10-20-11-9-17)22(15-18-21-12-14-24-18)13-4-7-16-5-2-1-3-6-16/h1-3,5-6,8-12,14H,4,7,13,15H2. The number of hydrogen-bond donors (Lipinski definition) is 0. The first-order valence-corrected chi connectivity index (χ1v) is 8.82. The van der Waals surface area contributed by atoms with E-state index in [0.717, 1.165) is 17.8 Å². The van der Waals surface area contributed by atoms with Crippen LogP contribution >= 0.6 is 11.3 Å². The number of hydrogen-bond acceptors (Lipinski definition) is 4. The third kappa shape index (κ3) is 4.49. The van der Waals surface area contributed by atoms with E-state index in [-0.39, 0.29) is 5.91 Å². The van der Waals surface area contributed by atoms with Gasteiger partial charge in [-0.25, -0.2) is 4.98 Å². The number of benzene rings is 1. The SMILES string of the molecule is O=C(c1ccncc1)N(CCCc1ccccc1)Cc1nccs1. The van der Waals surface area contributed by atoms with E-state index < -0.39 is 0 Å². The fourth-order valence-electron chi connectivity index (χ4n) is 2.54. The number of nitrogens with zero attached hydrogens (tertiary/aromatic N) is 3. The molecule has 0 saturated heterocycles. The summed E-state index contributed by atoms with van der Waals surface area (Å²) in [4.78, 5) is 23.0. The van der Waals surface area contributed by atoms with Crippen molar-refractivity contribution in [1.29, 1.82) is 0 Å². The van der Waals surface area contributed by atoms with Gasteiger partial charge in [0.1, 0.15) is 5.01 Å². The van der Waals surface area contributed by atoms with Crippen LogP contribution in [-0.4, -0.2) is 27.3 Å². The molecule has 0 aliphatic carbocycles. The molecule has 4 nitrogen and oxygen atoms in total. The van der Waals surface area contributed by atoms with Crippen LogP contribution in [0.5, 0.6) is 0 Å². The highest BCUT2D eigenvalue weighted by Crippen LogP contribution is 2.13. The molecule has 122 valence electrons. The zero-order valence-corrected chi connectivity index (χ0v) is 14.2. The lowest BCUT2D eigenvalue weighted by Crippen LogP contribution is -2.31. The number of aromatic nitrogens is 2. The van der Waals surface area contributed by atoms with Gasteiger partial charge in [0, 0.05) is 36.1 Å². The summed E-state index contributed by atoms with van der Waals surface area (Å²) in [5, 5.41) is 2.89. The maximum absolute atomic E-state index is 12.8. The largest absolute Gasteiger partial charge is 0.332 e. The number of thiazole rings is 1. The molecule has 0 saturated carbocycles. The maximum atomic E-state index is 12.8. The maximum Gasteiger partial charge on any atom is 0.254 e. The van der Waals surface area contributed by atoms with E-state index in [1.165, 1.54) is 5.56 Å². The molecule has 0 aliphatic rings. The van der Waals surface area contributed by atoms with E-state index in [9.17, 15) is 4.79 Å². The number of rotatable bonds is 7. The number of carbonyl (C=O) groups excluding carboxylic acids is 1. The lowest BCUT2D eigenvalue weighted by atomic mass is 10.1. The summed E-state index contributed by atoms with van der Waals surface area (Å²) in [6, 6.07) is 13.9. The highest BCUT2D eigenvalue weighted by Gasteiger charge is 2.16. The minimum absolute atomic E-state index is 0.0284. The van der Waals surface area contributed by atoms with Crippen LogP contribution in [0.4, 0.5) is 0 Å². The molecule has 3 rings (SSSR count). The van der Waals surface area contributed by atoms with E-state index in [1.54, 1.807) is 42.1 Å². The summed E-state index contributed by atoms with van der Waals surface area (Å²) in [5.41, 5.74) is 1.96. The average molecular weight is 337 g/mol. The van der Waals surface area contributed by atoms with Gasteiger partial charge < -0.3 is 4.90 Å². The smallest absolute Gasteiger partial charge is 0.254 e. The number of aryl methyl sites for hydroxylation is 1. The van der Waals surface area contributed by atoms with E-state index in [0.29, 0.717) is 18.7 Å². The highest BCUT2D eigenvalue weighted by atomic mass is 32.1. The van der Waals surface area contributed by atoms with Crippen molar-refractivity contribution < 1.29 is 4.79 Å². The van der Waals surface area contributed by atoms with Gasteiger partial charge >= 0.3 is 0 Å². The average Bonchev–Trinajstić information content (AvgIpc) is 3.15. The molecule has 0 atom stereocenters. The van der Waals surface area contributed by atoms with Gasteiger partial charge in [-0.1, -0.05) is 30.3 Å². The first kappa shape index (κ1) is 16.3. The van der Waals surface area contributed by atoms with Crippen LogP contribution in [0.3, 0.4) is 0 Å². The molecule has 0 aliphatic heterocycles. The second-order valence-corrected chi connectivity index (χ2v) is 6.46. The normalized spacial score (nSPS) is 10.5. The molecule has 0 fully saturated rings. The second kappa shape index (κ2) is 8.36. The van der Waals surface area contributed by atoms with Crippen molar-refractivity contribution in [3.8, 4) is 0 Å². The van der Waals surface area contributed by atoms with E-state index in [4.69, 9.17) is 0 Å². The second-order valence-electron chi connectivity index (χ2n) is 5.48. The monoisotopic (exact) mass is 337 g/mol. The predicted octanol–water partition coefficient (Wildman–Crippen LogP) is 3.81. The Balaban J connectivity index is 1.66. The summed E-state index contributed by atoms with van der Waals surface area (Å²) in [6.07, 6.45) is 6.96. The molecular weight excluding hydrogens is 318 g/mol. The molecule has 24 heavy (non-hydrogen) atoms. The number of pyridine rings is 1. The summed E-state index contributed by atoms with van der Waals surface area (Å²) < 4.78 is 0. The Kier molecular flexibility index (Phi) is 5.69. The van der Waals surface area contributed by atoms with Gasteiger partial charge in [-0.05, 0) is 30.5 Å². The molecule has 1 amide bonds. The van der Waals surface area contributed by atoms with Crippen LogP contribution in [-0.2, 0) is 13.0 Å². The molecule has 0 spiro atoms. The molecule has 0 bridgehead atoms. The topological polar surface area (TPSA) is 46.1 Å². The molecule has 0 radical (unpaired) electrons. The quantitative estimate of drug-likeness (QED) is 0.658. The predicted molar refractivity (Wildman–Crippen MR) is 95.9 cm³/mol. The summed E-state index contributed by atoms with van der Waals surface area (Å²) in [7, 11) is 0. The summed E-state index contributed by atoms with van der Waals surface area (Å²) in [5.74, 6) is 0.0284. The van der Waals surface area contributed by atoms with Crippen LogP contribution in [0, 0.1) is 0 Å². The Labute approximate surface area is 145 Å². The van der Waals surface area contributed by atoms with Crippen molar-refractivity contribution in [1.82, 2.24) is 14.9 Å². The number of amides is 1. The molecule has 1 aromatic carbocycles. The zero-order valence-electron chi connectivity index (χ0n) is 13.3. The lowest BCUT2D eigenvalue weighted by molar-refractivity contribution is 0.0741. The van der Waals surface area contributed by atoms with Crippen molar-refractivity contribution in [3.05, 3.63) is 82.6 Å². The third-order valence-corrected chi connectivity index (χ3v) is 4.52. The minimum Gasteiger partial charge on any atom is -0.332 e. The fraction of sp³-hybridized carbons (Fsp3) is 0.211. The minimum atomic E-state index is 0.0284. The van der Waals surface area contributed by atoms with Gasteiger partial charge in [0.25, 0.3) is 5.91 Å². The van der Waals surface area contributed by atoms with Gasteiger partial charge in [-0.15, -0.1) is 11.3 Å². The Hall–Kier alpha value is -2.53. The molecule has 0 unspecified atom stereocenters. The summed E-state index contributed by atoms with van der Waals surface area (Å²) in [6.45, 7) is 1.25. The lowest BCUT2D eigenvalue weighted by Gasteiger charge is -2.21. The van der Waals surface area contributed by atoms with Crippen molar-refractivity contribution >= 4 is 17.2 Å². The van der Waals surface area contributed by atoms with Crippen LogP contribution in [0.1, 0.15) is 27.3 Å². The van der Waals surface area contributed by atoms with Gasteiger partial charge in [0.05, 0.1) is 6.54 Å². The molecule has 2 heterocycles. The molecule has 3 aromatic rings. The Morgan fingerprint density at radius 1 is 1.04 bits per heavy atom. The molecule has 0 N–H and O–H groups in total. The van der Waals surface area contributed by atoms with Gasteiger partial charge in [0.15, 0.2) is 0 Å². The van der Waals surface area contributed by atoms with Crippen LogP contribution < -0.4 is 0 Å². The van der Waals surface area contributed by atoms with Crippen molar-refractivity contribution in [2.24, 2.45) is 0 Å².